The van der Waals surface area contributed by atoms with Crippen LogP contribution in [0.25, 0.3) is 0 Å². The van der Waals surface area contributed by atoms with Gasteiger partial charge in [-0.15, -0.1) is 0 Å². The molecule has 0 spiro atoms. The van der Waals surface area contributed by atoms with Crippen molar-refractivity contribution in [1.29, 1.82) is 0 Å². The Morgan fingerprint density at radius 3 is 2.64 bits per heavy atom. The number of hydrogen-bond donors (Lipinski definition) is 1. The molecule has 1 saturated heterocycles. The van der Waals surface area contributed by atoms with E-state index in [9.17, 15) is 9.59 Å². The quantitative estimate of drug-likeness (QED) is 0.850. The fourth-order valence-electron chi connectivity index (χ4n) is 3.43. The van der Waals surface area contributed by atoms with Gasteiger partial charge in [0.15, 0.2) is 11.5 Å². The number of nitrogens with one attached hydrogen (secondary N) is 1. The van der Waals surface area contributed by atoms with Crippen LogP contribution in [0.4, 0.5) is 0 Å². The molecule has 1 fully saturated rings. The van der Waals surface area contributed by atoms with Crippen LogP contribution < -0.4 is 14.8 Å². The standard InChI is InChI=1S/C20H21ClN2O5/c21-16-10-14(11-17-18(16)28-8-1-7-27-17)19(24)22-15-2-5-23(6-3-15)20(25)13-4-9-26-12-13/h4,9-12,15H,1-3,5-8H2,(H,22,24). The number of rotatable bonds is 3. The Morgan fingerprint density at radius 2 is 1.89 bits per heavy atom. The molecule has 2 amide bonds. The van der Waals surface area contributed by atoms with E-state index in [-0.39, 0.29) is 17.9 Å². The lowest BCUT2D eigenvalue weighted by Crippen LogP contribution is -2.46. The van der Waals surface area contributed by atoms with Gasteiger partial charge in [-0.05, 0) is 31.0 Å². The van der Waals surface area contributed by atoms with Crippen LogP contribution in [0.1, 0.15) is 40.0 Å². The van der Waals surface area contributed by atoms with Crippen LogP contribution >= 0.6 is 11.6 Å². The van der Waals surface area contributed by atoms with Crippen molar-refractivity contribution < 1.29 is 23.5 Å². The van der Waals surface area contributed by atoms with Crippen LogP contribution in [0, 0.1) is 0 Å². The van der Waals surface area contributed by atoms with Gasteiger partial charge in [-0.25, -0.2) is 0 Å². The van der Waals surface area contributed by atoms with Gasteiger partial charge in [0.25, 0.3) is 11.8 Å². The van der Waals surface area contributed by atoms with Crippen LogP contribution in [0.15, 0.2) is 35.1 Å². The average Bonchev–Trinajstić information content (AvgIpc) is 3.13. The van der Waals surface area contributed by atoms with E-state index in [4.69, 9.17) is 25.5 Å². The molecule has 2 aliphatic rings. The number of ether oxygens (including phenoxy) is 2. The smallest absolute Gasteiger partial charge is 0.257 e. The summed E-state index contributed by atoms with van der Waals surface area (Å²) in [6, 6.07) is 4.92. The van der Waals surface area contributed by atoms with Crippen LogP contribution in [0.3, 0.4) is 0 Å². The second kappa shape index (κ2) is 8.14. The molecule has 2 aliphatic heterocycles. The van der Waals surface area contributed by atoms with Gasteiger partial charge in [0.1, 0.15) is 6.26 Å². The average molecular weight is 405 g/mol. The second-order valence-electron chi connectivity index (χ2n) is 6.89. The predicted octanol–water partition coefficient (Wildman–Crippen LogP) is 3.13. The molecule has 0 unspecified atom stereocenters. The zero-order valence-electron chi connectivity index (χ0n) is 15.3. The van der Waals surface area contributed by atoms with Gasteiger partial charge in [-0.2, -0.15) is 0 Å². The number of piperidine rings is 1. The molecule has 1 N–H and O–H groups in total. The van der Waals surface area contributed by atoms with Gasteiger partial charge >= 0.3 is 0 Å². The third-order valence-corrected chi connectivity index (χ3v) is 5.23. The Morgan fingerprint density at radius 1 is 1.11 bits per heavy atom. The Balaban J connectivity index is 1.37. The molecule has 0 saturated carbocycles. The van der Waals surface area contributed by atoms with E-state index in [1.54, 1.807) is 23.1 Å². The van der Waals surface area contributed by atoms with Crippen molar-refractivity contribution in [3.8, 4) is 11.5 Å². The summed E-state index contributed by atoms with van der Waals surface area (Å²) in [6.45, 7) is 2.22. The number of amides is 2. The van der Waals surface area contributed by atoms with E-state index >= 15 is 0 Å². The zero-order valence-corrected chi connectivity index (χ0v) is 16.0. The maximum atomic E-state index is 12.7. The molecule has 7 nitrogen and oxygen atoms in total. The van der Waals surface area contributed by atoms with Gasteiger partial charge in [-0.1, -0.05) is 11.6 Å². The lowest BCUT2D eigenvalue weighted by molar-refractivity contribution is 0.0697. The van der Waals surface area contributed by atoms with Crippen molar-refractivity contribution in [2.24, 2.45) is 0 Å². The Bertz CT molecular complexity index is 860. The minimum atomic E-state index is -0.211. The van der Waals surface area contributed by atoms with Gasteiger partial charge < -0.3 is 24.1 Å². The normalized spacial score (nSPS) is 17.1. The van der Waals surface area contributed by atoms with Crippen molar-refractivity contribution in [2.45, 2.75) is 25.3 Å². The number of furan rings is 1. The van der Waals surface area contributed by atoms with Crippen molar-refractivity contribution in [3.63, 3.8) is 0 Å². The van der Waals surface area contributed by atoms with Gasteiger partial charge in [0.05, 0.1) is 30.1 Å². The summed E-state index contributed by atoms with van der Waals surface area (Å²) < 4.78 is 16.2. The maximum absolute atomic E-state index is 12.7. The minimum absolute atomic E-state index is 0.00402. The van der Waals surface area contributed by atoms with Crippen molar-refractivity contribution >= 4 is 23.4 Å². The second-order valence-corrected chi connectivity index (χ2v) is 7.29. The SMILES string of the molecule is O=C(NC1CCN(C(=O)c2ccoc2)CC1)c1cc(Cl)c2c(c1)OCCCO2. The predicted molar refractivity (Wildman–Crippen MR) is 102 cm³/mol. The number of hydrogen-bond acceptors (Lipinski definition) is 5. The van der Waals surface area contributed by atoms with Crippen molar-refractivity contribution in [1.82, 2.24) is 10.2 Å². The maximum Gasteiger partial charge on any atom is 0.257 e. The van der Waals surface area contributed by atoms with Gasteiger partial charge in [-0.3, -0.25) is 9.59 Å². The molecule has 0 atom stereocenters. The number of halogens is 1. The van der Waals surface area contributed by atoms with E-state index < -0.39 is 0 Å². The first kappa shape index (κ1) is 18.7. The lowest BCUT2D eigenvalue weighted by Gasteiger charge is -2.32. The fourth-order valence-corrected chi connectivity index (χ4v) is 3.69. The summed E-state index contributed by atoms with van der Waals surface area (Å²) >= 11 is 6.27. The lowest BCUT2D eigenvalue weighted by atomic mass is 10.0. The molecular formula is C20H21ClN2O5. The van der Waals surface area contributed by atoms with Crippen LogP contribution in [-0.2, 0) is 0 Å². The summed E-state index contributed by atoms with van der Waals surface area (Å²) in [5, 5.41) is 3.39. The highest BCUT2D eigenvalue weighted by atomic mass is 35.5. The summed E-state index contributed by atoms with van der Waals surface area (Å²) in [5.74, 6) is 0.725. The Kier molecular flexibility index (Phi) is 5.43. The highest BCUT2D eigenvalue weighted by molar-refractivity contribution is 6.32. The summed E-state index contributed by atoms with van der Waals surface area (Å²) in [4.78, 5) is 26.8. The van der Waals surface area contributed by atoms with Gasteiger partial charge in [0, 0.05) is 31.1 Å². The first-order chi connectivity index (χ1) is 13.6. The molecule has 0 aliphatic carbocycles. The topological polar surface area (TPSA) is 81.0 Å². The van der Waals surface area contributed by atoms with Crippen molar-refractivity contribution in [2.75, 3.05) is 26.3 Å². The molecule has 28 heavy (non-hydrogen) atoms. The number of benzene rings is 1. The first-order valence-corrected chi connectivity index (χ1v) is 9.71. The Hall–Kier alpha value is -2.67. The van der Waals surface area contributed by atoms with Gasteiger partial charge in [0.2, 0.25) is 0 Å². The monoisotopic (exact) mass is 404 g/mol. The largest absolute Gasteiger partial charge is 0.489 e. The fraction of sp³-hybridized carbons (Fsp3) is 0.400. The molecule has 0 radical (unpaired) electrons. The molecule has 148 valence electrons. The Labute approximate surface area is 167 Å². The number of nitrogens with zero attached hydrogens (tertiary/aromatic N) is 1. The highest BCUT2D eigenvalue weighted by Gasteiger charge is 2.26. The molecule has 4 rings (SSSR count). The van der Waals surface area contributed by atoms with Crippen LogP contribution in [-0.4, -0.2) is 49.1 Å². The molecule has 8 heteroatoms. The van der Waals surface area contributed by atoms with E-state index in [1.165, 1.54) is 12.5 Å². The molecule has 1 aromatic carbocycles. The summed E-state index contributed by atoms with van der Waals surface area (Å²) in [5.41, 5.74) is 0.982. The summed E-state index contributed by atoms with van der Waals surface area (Å²) in [7, 11) is 0. The number of likely N-dealkylation sites (tertiary alicyclic amines) is 1. The van der Waals surface area contributed by atoms with E-state index in [0.717, 1.165) is 6.42 Å². The number of fused-ring (bicyclic) bond motifs is 1. The molecule has 3 heterocycles. The summed E-state index contributed by atoms with van der Waals surface area (Å²) in [6.07, 6.45) is 5.08. The first-order valence-electron chi connectivity index (χ1n) is 9.33. The van der Waals surface area contributed by atoms with Crippen molar-refractivity contribution in [3.05, 3.63) is 46.9 Å². The molecular weight excluding hydrogens is 384 g/mol. The number of carbonyl (C=O) groups is 2. The third kappa shape index (κ3) is 3.94. The molecule has 2 aromatic rings. The molecule has 1 aromatic heterocycles. The van der Waals surface area contributed by atoms with E-state index in [1.807, 2.05) is 0 Å². The minimum Gasteiger partial charge on any atom is -0.489 e. The van der Waals surface area contributed by atoms with E-state index in [2.05, 4.69) is 5.32 Å². The zero-order chi connectivity index (χ0) is 19.5. The van der Waals surface area contributed by atoms with Crippen LogP contribution in [0.2, 0.25) is 5.02 Å². The molecule has 0 bridgehead atoms. The van der Waals surface area contributed by atoms with Crippen LogP contribution in [0.5, 0.6) is 11.5 Å². The third-order valence-electron chi connectivity index (χ3n) is 4.95. The highest BCUT2D eigenvalue weighted by Crippen LogP contribution is 2.38. The van der Waals surface area contributed by atoms with E-state index in [0.29, 0.717) is 66.8 Å². The number of carbonyl (C=O) groups excluding carboxylic acids is 2.